The zero-order valence-electron chi connectivity index (χ0n) is 11.5. The molecule has 0 aliphatic carbocycles. The van der Waals surface area contributed by atoms with Gasteiger partial charge in [0.25, 0.3) is 0 Å². The van der Waals surface area contributed by atoms with Crippen LogP contribution in [0.1, 0.15) is 23.4 Å². The summed E-state index contributed by atoms with van der Waals surface area (Å²) in [7, 11) is 1.66. The molecule has 0 aliphatic rings. The van der Waals surface area contributed by atoms with E-state index in [0.717, 1.165) is 22.7 Å². The number of nitrogens with one attached hydrogen (secondary N) is 1. The first kappa shape index (κ1) is 15.3. The summed E-state index contributed by atoms with van der Waals surface area (Å²) in [6.07, 6.45) is 0.693. The van der Waals surface area contributed by atoms with Crippen LogP contribution in [0.3, 0.4) is 0 Å². The minimum atomic E-state index is -0.377. The first-order valence-corrected chi connectivity index (χ1v) is 7.70. The molecule has 0 bridgehead atoms. The number of likely N-dealkylation sites (N-methyl/N-ethyl adjacent to an activating group) is 1. The van der Waals surface area contributed by atoms with Gasteiger partial charge in [0.2, 0.25) is 0 Å². The van der Waals surface area contributed by atoms with Crippen molar-refractivity contribution in [1.82, 2.24) is 5.32 Å². The fourth-order valence-electron chi connectivity index (χ4n) is 2.14. The summed E-state index contributed by atoms with van der Waals surface area (Å²) in [5.74, 6) is 0.493. The highest BCUT2D eigenvalue weighted by Gasteiger charge is 2.18. The second-order valence-electron chi connectivity index (χ2n) is 4.42. The number of hydrogen-bond donors (Lipinski definition) is 1. The lowest BCUT2D eigenvalue weighted by Crippen LogP contribution is -2.22. The van der Waals surface area contributed by atoms with Crippen molar-refractivity contribution in [3.8, 4) is 5.75 Å². The highest BCUT2D eigenvalue weighted by molar-refractivity contribution is 7.10. The molecule has 5 heteroatoms. The number of halogens is 2. The topological polar surface area (TPSA) is 21.3 Å². The second kappa shape index (κ2) is 7.07. The van der Waals surface area contributed by atoms with Gasteiger partial charge in [0.1, 0.15) is 11.6 Å². The van der Waals surface area contributed by atoms with E-state index in [4.69, 9.17) is 16.3 Å². The van der Waals surface area contributed by atoms with Gasteiger partial charge in [-0.2, -0.15) is 0 Å². The summed E-state index contributed by atoms with van der Waals surface area (Å²) >= 11 is 7.36. The molecule has 2 nitrogen and oxygen atoms in total. The van der Waals surface area contributed by atoms with E-state index in [0.29, 0.717) is 6.42 Å². The summed E-state index contributed by atoms with van der Waals surface area (Å²) in [5, 5.41) is 5.57. The lowest BCUT2D eigenvalue weighted by molar-refractivity contribution is 0.403. The molecule has 0 fully saturated rings. The smallest absolute Gasteiger partial charge is 0.142 e. The van der Waals surface area contributed by atoms with Crippen molar-refractivity contribution in [3.05, 3.63) is 50.9 Å². The van der Waals surface area contributed by atoms with E-state index < -0.39 is 0 Å². The van der Waals surface area contributed by atoms with Crippen LogP contribution in [0.25, 0.3) is 0 Å². The van der Waals surface area contributed by atoms with Gasteiger partial charge in [-0.15, -0.1) is 11.3 Å². The van der Waals surface area contributed by atoms with Crippen LogP contribution in [0.2, 0.25) is 5.02 Å². The SMILES string of the molecule is CCNC(Cc1ccc(Cl)c(F)c1)c1sccc1OC. The maximum Gasteiger partial charge on any atom is 0.142 e. The van der Waals surface area contributed by atoms with Gasteiger partial charge < -0.3 is 10.1 Å². The Morgan fingerprint density at radius 2 is 2.20 bits per heavy atom. The molecule has 1 N–H and O–H groups in total. The third kappa shape index (κ3) is 3.51. The Hall–Kier alpha value is -1.10. The Morgan fingerprint density at radius 3 is 2.85 bits per heavy atom. The summed E-state index contributed by atoms with van der Waals surface area (Å²) < 4.78 is 18.9. The fraction of sp³-hybridized carbons (Fsp3) is 0.333. The Kier molecular flexibility index (Phi) is 5.40. The average Bonchev–Trinajstić information content (AvgIpc) is 2.90. The second-order valence-corrected chi connectivity index (χ2v) is 5.77. The number of rotatable bonds is 6. The van der Waals surface area contributed by atoms with E-state index >= 15 is 0 Å². The summed E-state index contributed by atoms with van der Waals surface area (Å²) in [5.41, 5.74) is 0.910. The molecule has 1 aromatic carbocycles. The molecular formula is C15H17ClFNOS. The van der Waals surface area contributed by atoms with E-state index in [1.54, 1.807) is 24.5 Å². The van der Waals surface area contributed by atoms with Crippen LogP contribution in [-0.2, 0) is 6.42 Å². The Morgan fingerprint density at radius 1 is 1.40 bits per heavy atom. The van der Waals surface area contributed by atoms with E-state index in [1.807, 2.05) is 17.5 Å². The van der Waals surface area contributed by atoms with Gasteiger partial charge in [-0.3, -0.25) is 0 Å². The van der Waals surface area contributed by atoms with Gasteiger partial charge >= 0.3 is 0 Å². The molecule has 1 heterocycles. The Labute approximate surface area is 127 Å². The number of methoxy groups -OCH3 is 1. The molecule has 0 amide bonds. The van der Waals surface area contributed by atoms with Crippen molar-refractivity contribution in [1.29, 1.82) is 0 Å². The quantitative estimate of drug-likeness (QED) is 0.851. The van der Waals surface area contributed by atoms with Gasteiger partial charge in [-0.1, -0.05) is 24.6 Å². The predicted octanol–water partition coefficient (Wildman–Crippen LogP) is 4.44. The molecule has 1 atom stereocenters. The van der Waals surface area contributed by atoms with E-state index in [9.17, 15) is 4.39 Å². The summed E-state index contributed by atoms with van der Waals surface area (Å²) in [6.45, 7) is 2.89. The molecule has 0 saturated heterocycles. The normalized spacial score (nSPS) is 12.4. The van der Waals surface area contributed by atoms with Crippen molar-refractivity contribution < 1.29 is 9.13 Å². The summed E-state index contributed by atoms with van der Waals surface area (Å²) in [4.78, 5) is 1.13. The maximum absolute atomic E-state index is 13.5. The Balaban J connectivity index is 2.23. The first-order valence-electron chi connectivity index (χ1n) is 6.44. The summed E-state index contributed by atoms with van der Waals surface area (Å²) in [6, 6.07) is 7.01. The van der Waals surface area contributed by atoms with Crippen molar-refractivity contribution in [2.24, 2.45) is 0 Å². The molecule has 2 aromatic rings. The Bertz CT molecular complexity index is 573. The van der Waals surface area contributed by atoms with E-state index in [-0.39, 0.29) is 16.9 Å². The van der Waals surface area contributed by atoms with Crippen LogP contribution in [0, 0.1) is 5.82 Å². The largest absolute Gasteiger partial charge is 0.496 e. The molecule has 20 heavy (non-hydrogen) atoms. The molecular weight excluding hydrogens is 297 g/mol. The van der Waals surface area contributed by atoms with Crippen LogP contribution in [0.5, 0.6) is 5.75 Å². The van der Waals surface area contributed by atoms with Gasteiger partial charge in [0.15, 0.2) is 0 Å². The van der Waals surface area contributed by atoms with Gasteiger partial charge in [0.05, 0.1) is 17.0 Å². The molecule has 0 saturated carbocycles. The number of thiophene rings is 1. The van der Waals surface area contributed by atoms with Gasteiger partial charge in [0, 0.05) is 6.04 Å². The van der Waals surface area contributed by atoms with Crippen LogP contribution in [-0.4, -0.2) is 13.7 Å². The van der Waals surface area contributed by atoms with Crippen molar-refractivity contribution in [2.45, 2.75) is 19.4 Å². The van der Waals surface area contributed by atoms with Crippen molar-refractivity contribution in [2.75, 3.05) is 13.7 Å². The fourth-order valence-corrected chi connectivity index (χ4v) is 3.19. The maximum atomic E-state index is 13.5. The molecule has 108 valence electrons. The predicted molar refractivity (Wildman–Crippen MR) is 82.4 cm³/mol. The van der Waals surface area contributed by atoms with E-state index in [2.05, 4.69) is 12.2 Å². The third-order valence-corrected chi connectivity index (χ3v) is 4.39. The highest BCUT2D eigenvalue weighted by atomic mass is 35.5. The molecule has 0 radical (unpaired) electrons. The lowest BCUT2D eigenvalue weighted by Gasteiger charge is -2.18. The van der Waals surface area contributed by atoms with Crippen LogP contribution >= 0.6 is 22.9 Å². The minimum Gasteiger partial charge on any atom is -0.496 e. The molecule has 1 unspecified atom stereocenters. The van der Waals surface area contributed by atoms with Crippen LogP contribution in [0.4, 0.5) is 4.39 Å². The van der Waals surface area contributed by atoms with Gasteiger partial charge in [-0.25, -0.2) is 4.39 Å². The number of ether oxygens (including phenoxy) is 1. The molecule has 1 aromatic heterocycles. The monoisotopic (exact) mass is 313 g/mol. The van der Waals surface area contributed by atoms with Crippen molar-refractivity contribution >= 4 is 22.9 Å². The van der Waals surface area contributed by atoms with E-state index in [1.165, 1.54) is 6.07 Å². The van der Waals surface area contributed by atoms with Crippen LogP contribution < -0.4 is 10.1 Å². The molecule has 2 rings (SSSR count). The average molecular weight is 314 g/mol. The lowest BCUT2D eigenvalue weighted by atomic mass is 10.0. The number of hydrogen-bond acceptors (Lipinski definition) is 3. The number of benzene rings is 1. The zero-order chi connectivity index (χ0) is 14.5. The molecule has 0 spiro atoms. The van der Waals surface area contributed by atoms with Crippen LogP contribution in [0.15, 0.2) is 29.6 Å². The molecule has 0 aliphatic heterocycles. The van der Waals surface area contributed by atoms with Crippen molar-refractivity contribution in [3.63, 3.8) is 0 Å². The van der Waals surface area contributed by atoms with Gasteiger partial charge in [-0.05, 0) is 42.1 Å². The minimum absolute atomic E-state index is 0.107. The third-order valence-electron chi connectivity index (χ3n) is 3.07. The zero-order valence-corrected chi connectivity index (χ0v) is 13.0. The first-order chi connectivity index (χ1) is 9.65. The standard InChI is InChI=1S/C15H17ClFNOS/c1-3-18-13(15-14(19-2)6-7-20-15)9-10-4-5-11(16)12(17)8-10/h4-8,13,18H,3,9H2,1-2H3. The highest BCUT2D eigenvalue weighted by Crippen LogP contribution is 2.33.